The van der Waals surface area contributed by atoms with Crippen LogP contribution >= 0.6 is 0 Å². The van der Waals surface area contributed by atoms with Crippen molar-refractivity contribution in [2.24, 2.45) is 5.92 Å². The Balaban J connectivity index is 2.07. The van der Waals surface area contributed by atoms with Crippen LogP contribution in [0.25, 0.3) is 0 Å². The summed E-state index contributed by atoms with van der Waals surface area (Å²) in [6, 6.07) is 5.75. The average molecular weight is 262 g/mol. The van der Waals surface area contributed by atoms with Gasteiger partial charge in [0.15, 0.2) is 0 Å². The SMILES string of the molecule is CC(C)C(O)CNC(=O)c1cccc2c1CCCN2. The Labute approximate surface area is 114 Å². The van der Waals surface area contributed by atoms with Gasteiger partial charge in [0.05, 0.1) is 6.10 Å². The quantitative estimate of drug-likeness (QED) is 0.775. The maximum Gasteiger partial charge on any atom is 0.251 e. The van der Waals surface area contributed by atoms with Crippen molar-refractivity contribution in [3.63, 3.8) is 0 Å². The van der Waals surface area contributed by atoms with Gasteiger partial charge in [0.2, 0.25) is 0 Å². The van der Waals surface area contributed by atoms with Crippen molar-refractivity contribution < 1.29 is 9.90 Å². The first kappa shape index (κ1) is 13.9. The van der Waals surface area contributed by atoms with Crippen LogP contribution in [0.2, 0.25) is 0 Å². The number of benzene rings is 1. The fourth-order valence-electron chi connectivity index (χ4n) is 2.25. The Morgan fingerprint density at radius 3 is 3.00 bits per heavy atom. The van der Waals surface area contributed by atoms with E-state index in [0.29, 0.717) is 6.54 Å². The highest BCUT2D eigenvalue weighted by Gasteiger charge is 2.18. The van der Waals surface area contributed by atoms with Gasteiger partial charge in [-0.3, -0.25) is 4.79 Å². The zero-order valence-corrected chi connectivity index (χ0v) is 11.6. The van der Waals surface area contributed by atoms with Gasteiger partial charge in [-0.15, -0.1) is 0 Å². The average Bonchev–Trinajstić information content (AvgIpc) is 2.43. The van der Waals surface area contributed by atoms with Crippen LogP contribution in [-0.4, -0.2) is 30.2 Å². The van der Waals surface area contributed by atoms with E-state index in [1.165, 1.54) is 0 Å². The number of amides is 1. The monoisotopic (exact) mass is 262 g/mol. The zero-order chi connectivity index (χ0) is 13.8. The summed E-state index contributed by atoms with van der Waals surface area (Å²) in [4.78, 5) is 12.2. The van der Waals surface area contributed by atoms with Crippen molar-refractivity contribution in [2.75, 3.05) is 18.4 Å². The Bertz CT molecular complexity index is 457. The molecular formula is C15H22N2O2. The largest absolute Gasteiger partial charge is 0.391 e. The molecule has 4 heteroatoms. The molecular weight excluding hydrogens is 240 g/mol. The highest BCUT2D eigenvalue weighted by Crippen LogP contribution is 2.25. The van der Waals surface area contributed by atoms with E-state index in [2.05, 4.69) is 10.6 Å². The number of aliphatic hydroxyl groups is 1. The van der Waals surface area contributed by atoms with Crippen LogP contribution in [-0.2, 0) is 6.42 Å². The highest BCUT2D eigenvalue weighted by atomic mass is 16.3. The molecule has 1 atom stereocenters. The maximum absolute atomic E-state index is 12.2. The minimum Gasteiger partial charge on any atom is -0.391 e. The first-order valence-electron chi connectivity index (χ1n) is 6.91. The predicted molar refractivity (Wildman–Crippen MR) is 76.4 cm³/mol. The molecule has 1 aliphatic rings. The molecule has 0 bridgehead atoms. The summed E-state index contributed by atoms with van der Waals surface area (Å²) in [5, 5.41) is 15.9. The molecule has 1 aromatic carbocycles. The lowest BCUT2D eigenvalue weighted by atomic mass is 9.97. The normalized spacial score (nSPS) is 15.6. The first-order valence-corrected chi connectivity index (χ1v) is 6.91. The van der Waals surface area contributed by atoms with E-state index in [1.807, 2.05) is 32.0 Å². The van der Waals surface area contributed by atoms with Gasteiger partial charge in [-0.05, 0) is 36.5 Å². The molecule has 0 aliphatic carbocycles. The van der Waals surface area contributed by atoms with Gasteiger partial charge in [0.25, 0.3) is 5.91 Å². The lowest BCUT2D eigenvalue weighted by Gasteiger charge is -2.21. The molecule has 2 rings (SSSR count). The van der Waals surface area contributed by atoms with Gasteiger partial charge in [-0.25, -0.2) is 0 Å². The summed E-state index contributed by atoms with van der Waals surface area (Å²) in [5.41, 5.74) is 2.87. The number of rotatable bonds is 4. The number of anilines is 1. The molecule has 1 amide bonds. The molecule has 1 heterocycles. The van der Waals surface area contributed by atoms with Crippen molar-refractivity contribution in [1.82, 2.24) is 5.32 Å². The standard InChI is InChI=1S/C15H22N2O2/c1-10(2)14(18)9-17-15(19)12-5-3-7-13-11(12)6-4-8-16-13/h3,5,7,10,14,16,18H,4,6,8-9H2,1-2H3,(H,17,19). The van der Waals surface area contributed by atoms with Crippen LogP contribution in [0.4, 0.5) is 5.69 Å². The van der Waals surface area contributed by atoms with Crippen LogP contribution in [0.1, 0.15) is 36.2 Å². The van der Waals surface area contributed by atoms with Crippen LogP contribution in [0.15, 0.2) is 18.2 Å². The molecule has 104 valence electrons. The third kappa shape index (κ3) is 3.26. The number of hydrogen-bond acceptors (Lipinski definition) is 3. The second-order valence-corrected chi connectivity index (χ2v) is 5.38. The van der Waals surface area contributed by atoms with E-state index < -0.39 is 6.10 Å². The lowest BCUT2D eigenvalue weighted by Crippen LogP contribution is -2.35. The van der Waals surface area contributed by atoms with Gasteiger partial charge in [0.1, 0.15) is 0 Å². The molecule has 0 aromatic heterocycles. The number of carbonyl (C=O) groups is 1. The van der Waals surface area contributed by atoms with E-state index in [-0.39, 0.29) is 11.8 Å². The van der Waals surface area contributed by atoms with Crippen LogP contribution in [0, 0.1) is 5.92 Å². The molecule has 0 saturated heterocycles. The smallest absolute Gasteiger partial charge is 0.251 e. The molecule has 19 heavy (non-hydrogen) atoms. The maximum atomic E-state index is 12.2. The van der Waals surface area contributed by atoms with Crippen molar-refractivity contribution in [1.29, 1.82) is 0 Å². The molecule has 0 radical (unpaired) electrons. The predicted octanol–water partition coefficient (Wildman–Crippen LogP) is 1.79. The van der Waals surface area contributed by atoms with E-state index in [0.717, 1.165) is 36.2 Å². The zero-order valence-electron chi connectivity index (χ0n) is 11.6. The van der Waals surface area contributed by atoms with Crippen molar-refractivity contribution >= 4 is 11.6 Å². The Morgan fingerprint density at radius 2 is 2.26 bits per heavy atom. The van der Waals surface area contributed by atoms with E-state index in [1.54, 1.807) is 0 Å². The number of aliphatic hydroxyl groups excluding tert-OH is 1. The topological polar surface area (TPSA) is 61.4 Å². The number of nitrogens with one attached hydrogen (secondary N) is 2. The van der Waals surface area contributed by atoms with Gasteiger partial charge in [-0.1, -0.05) is 19.9 Å². The Morgan fingerprint density at radius 1 is 1.47 bits per heavy atom. The third-order valence-corrected chi connectivity index (χ3v) is 3.58. The minimum absolute atomic E-state index is 0.0970. The second kappa shape index (κ2) is 6.06. The minimum atomic E-state index is -0.499. The first-order chi connectivity index (χ1) is 9.09. The van der Waals surface area contributed by atoms with Gasteiger partial charge in [-0.2, -0.15) is 0 Å². The van der Waals surface area contributed by atoms with Crippen LogP contribution in [0.5, 0.6) is 0 Å². The highest BCUT2D eigenvalue weighted by molar-refractivity contribution is 5.97. The van der Waals surface area contributed by atoms with Crippen molar-refractivity contribution in [3.8, 4) is 0 Å². The summed E-state index contributed by atoms with van der Waals surface area (Å²) in [6.07, 6.45) is 1.48. The fraction of sp³-hybridized carbons (Fsp3) is 0.533. The molecule has 1 unspecified atom stereocenters. The van der Waals surface area contributed by atoms with E-state index >= 15 is 0 Å². The molecule has 3 N–H and O–H groups in total. The van der Waals surface area contributed by atoms with Crippen molar-refractivity contribution in [2.45, 2.75) is 32.8 Å². The Hall–Kier alpha value is -1.55. The molecule has 0 spiro atoms. The summed E-state index contributed by atoms with van der Waals surface area (Å²) < 4.78 is 0. The number of fused-ring (bicyclic) bond motifs is 1. The van der Waals surface area contributed by atoms with Gasteiger partial charge in [0, 0.05) is 24.3 Å². The van der Waals surface area contributed by atoms with Crippen LogP contribution in [0.3, 0.4) is 0 Å². The summed E-state index contributed by atoms with van der Waals surface area (Å²) in [7, 11) is 0. The molecule has 0 saturated carbocycles. The second-order valence-electron chi connectivity index (χ2n) is 5.38. The molecule has 1 aliphatic heterocycles. The number of carbonyl (C=O) groups excluding carboxylic acids is 1. The summed E-state index contributed by atoms with van der Waals surface area (Å²) >= 11 is 0. The number of hydrogen-bond donors (Lipinski definition) is 3. The van der Waals surface area contributed by atoms with Crippen molar-refractivity contribution in [3.05, 3.63) is 29.3 Å². The van der Waals surface area contributed by atoms with E-state index in [9.17, 15) is 9.90 Å². The van der Waals surface area contributed by atoms with E-state index in [4.69, 9.17) is 0 Å². The lowest BCUT2D eigenvalue weighted by molar-refractivity contribution is 0.0870. The van der Waals surface area contributed by atoms with Crippen LogP contribution < -0.4 is 10.6 Å². The molecule has 0 fully saturated rings. The fourth-order valence-corrected chi connectivity index (χ4v) is 2.25. The molecule has 1 aromatic rings. The third-order valence-electron chi connectivity index (χ3n) is 3.58. The summed E-state index contributed by atoms with van der Waals surface area (Å²) in [6.45, 7) is 5.13. The Kier molecular flexibility index (Phi) is 4.43. The summed E-state index contributed by atoms with van der Waals surface area (Å²) in [5.74, 6) is 0.0481. The van der Waals surface area contributed by atoms with Gasteiger partial charge >= 0.3 is 0 Å². The molecule has 4 nitrogen and oxygen atoms in total. The van der Waals surface area contributed by atoms with Gasteiger partial charge < -0.3 is 15.7 Å².